The molecule has 2 aromatic heterocycles. The molecule has 0 bridgehead atoms. The van der Waals surface area contributed by atoms with Gasteiger partial charge in [0.1, 0.15) is 0 Å². The molecule has 16 heavy (non-hydrogen) atoms. The van der Waals surface area contributed by atoms with Gasteiger partial charge in [0.2, 0.25) is 0 Å². The maximum atomic E-state index is 4.25. The summed E-state index contributed by atoms with van der Waals surface area (Å²) in [4.78, 5) is 7.07. The second kappa shape index (κ2) is 5.12. The van der Waals surface area contributed by atoms with E-state index in [0.29, 0.717) is 0 Å². The van der Waals surface area contributed by atoms with Crippen LogP contribution >= 0.6 is 11.3 Å². The Bertz CT molecular complexity index is 462. The van der Waals surface area contributed by atoms with Crippen LogP contribution in [-0.2, 0) is 13.0 Å². The lowest BCUT2D eigenvalue weighted by Gasteiger charge is -2.06. The van der Waals surface area contributed by atoms with Crippen LogP contribution in [0.25, 0.3) is 0 Å². The first-order valence-corrected chi connectivity index (χ1v) is 6.34. The number of pyridine rings is 1. The molecule has 0 aliphatic rings. The Labute approximate surface area is 100 Å². The number of aryl methyl sites for hydroxylation is 2. The average Bonchev–Trinajstić information content (AvgIpc) is 2.76. The molecule has 0 saturated carbocycles. The molecule has 0 saturated heterocycles. The van der Waals surface area contributed by atoms with Crippen molar-refractivity contribution in [1.29, 1.82) is 0 Å². The van der Waals surface area contributed by atoms with E-state index in [2.05, 4.69) is 35.4 Å². The number of hydrogen-bond donors (Lipinski definition) is 1. The van der Waals surface area contributed by atoms with Gasteiger partial charge in [0.05, 0.1) is 11.4 Å². The highest BCUT2D eigenvalue weighted by Crippen LogP contribution is 2.19. The van der Waals surface area contributed by atoms with Gasteiger partial charge < -0.3 is 5.32 Å². The fourth-order valence-corrected chi connectivity index (χ4v) is 2.46. The molecular formula is C13H16N2S. The highest BCUT2D eigenvalue weighted by atomic mass is 32.1. The van der Waals surface area contributed by atoms with E-state index >= 15 is 0 Å². The smallest absolute Gasteiger partial charge is 0.0603 e. The summed E-state index contributed by atoms with van der Waals surface area (Å²) < 4.78 is 0. The van der Waals surface area contributed by atoms with E-state index in [4.69, 9.17) is 0 Å². The third kappa shape index (κ3) is 2.61. The Morgan fingerprint density at radius 2 is 2.06 bits per heavy atom. The molecule has 0 unspecified atom stereocenters. The van der Waals surface area contributed by atoms with E-state index < -0.39 is 0 Å². The lowest BCUT2D eigenvalue weighted by molar-refractivity contribution is 1.13. The standard InChI is InChI=1S/C13H16N2S/c1-3-11-6-7-12(16-11)9-15-13-5-4-8-14-10(13)2/h4-8,15H,3,9H2,1-2H3. The second-order valence-corrected chi connectivity index (χ2v) is 4.96. The van der Waals surface area contributed by atoms with E-state index in [9.17, 15) is 0 Å². The number of nitrogens with one attached hydrogen (secondary N) is 1. The van der Waals surface area contributed by atoms with E-state index in [-0.39, 0.29) is 0 Å². The number of thiophene rings is 1. The van der Waals surface area contributed by atoms with Crippen LogP contribution in [0.5, 0.6) is 0 Å². The summed E-state index contributed by atoms with van der Waals surface area (Å²) >= 11 is 1.88. The molecule has 0 radical (unpaired) electrons. The van der Waals surface area contributed by atoms with E-state index in [1.165, 1.54) is 9.75 Å². The molecule has 84 valence electrons. The SMILES string of the molecule is CCc1ccc(CNc2cccnc2C)s1. The summed E-state index contributed by atoms with van der Waals surface area (Å²) in [7, 11) is 0. The van der Waals surface area contributed by atoms with Crippen LogP contribution in [0, 0.1) is 6.92 Å². The maximum Gasteiger partial charge on any atom is 0.0603 e. The van der Waals surface area contributed by atoms with Crippen LogP contribution in [-0.4, -0.2) is 4.98 Å². The Kier molecular flexibility index (Phi) is 3.57. The maximum absolute atomic E-state index is 4.25. The Balaban J connectivity index is 1.99. The van der Waals surface area contributed by atoms with Crippen molar-refractivity contribution < 1.29 is 0 Å². The summed E-state index contributed by atoms with van der Waals surface area (Å²) in [6.07, 6.45) is 2.94. The van der Waals surface area contributed by atoms with Crippen molar-refractivity contribution in [2.45, 2.75) is 26.8 Å². The minimum Gasteiger partial charge on any atom is -0.379 e. The van der Waals surface area contributed by atoms with Crippen molar-refractivity contribution in [2.75, 3.05) is 5.32 Å². The molecular weight excluding hydrogens is 216 g/mol. The Morgan fingerprint density at radius 3 is 2.75 bits per heavy atom. The van der Waals surface area contributed by atoms with Crippen LogP contribution in [0.3, 0.4) is 0 Å². The predicted molar refractivity (Wildman–Crippen MR) is 70.0 cm³/mol. The van der Waals surface area contributed by atoms with Crippen molar-refractivity contribution in [3.8, 4) is 0 Å². The summed E-state index contributed by atoms with van der Waals surface area (Å²) in [5.41, 5.74) is 2.17. The summed E-state index contributed by atoms with van der Waals surface area (Å²) in [5, 5.41) is 3.41. The monoisotopic (exact) mass is 232 g/mol. The Morgan fingerprint density at radius 1 is 1.25 bits per heavy atom. The number of rotatable bonds is 4. The number of hydrogen-bond acceptors (Lipinski definition) is 3. The van der Waals surface area contributed by atoms with E-state index in [1.807, 2.05) is 30.5 Å². The molecule has 2 aromatic rings. The molecule has 2 heterocycles. The van der Waals surface area contributed by atoms with Gasteiger partial charge in [0.15, 0.2) is 0 Å². The molecule has 0 amide bonds. The molecule has 2 nitrogen and oxygen atoms in total. The summed E-state index contributed by atoms with van der Waals surface area (Å²) in [6, 6.07) is 8.43. The van der Waals surface area contributed by atoms with Crippen molar-refractivity contribution in [3.63, 3.8) is 0 Å². The zero-order valence-electron chi connectivity index (χ0n) is 9.66. The van der Waals surface area contributed by atoms with Gasteiger partial charge in [0, 0.05) is 22.5 Å². The van der Waals surface area contributed by atoms with Gasteiger partial charge in [-0.25, -0.2) is 0 Å². The summed E-state index contributed by atoms with van der Waals surface area (Å²) in [5.74, 6) is 0. The van der Waals surface area contributed by atoms with Gasteiger partial charge in [0.25, 0.3) is 0 Å². The van der Waals surface area contributed by atoms with Gasteiger partial charge in [-0.15, -0.1) is 11.3 Å². The lowest BCUT2D eigenvalue weighted by Crippen LogP contribution is -1.99. The molecule has 0 spiro atoms. The zero-order chi connectivity index (χ0) is 11.4. The molecule has 0 atom stereocenters. The largest absolute Gasteiger partial charge is 0.379 e. The third-order valence-electron chi connectivity index (χ3n) is 2.53. The summed E-state index contributed by atoms with van der Waals surface area (Å²) in [6.45, 7) is 5.10. The molecule has 0 fully saturated rings. The first-order valence-electron chi connectivity index (χ1n) is 5.52. The zero-order valence-corrected chi connectivity index (χ0v) is 10.5. The van der Waals surface area contributed by atoms with Crippen molar-refractivity contribution in [2.24, 2.45) is 0 Å². The quantitative estimate of drug-likeness (QED) is 0.870. The van der Waals surface area contributed by atoms with Crippen molar-refractivity contribution >= 4 is 17.0 Å². The van der Waals surface area contributed by atoms with Crippen LogP contribution in [0.4, 0.5) is 5.69 Å². The van der Waals surface area contributed by atoms with E-state index in [1.54, 1.807) is 0 Å². The molecule has 0 aliphatic carbocycles. The third-order valence-corrected chi connectivity index (χ3v) is 3.76. The predicted octanol–water partition coefficient (Wildman–Crippen LogP) is 3.63. The van der Waals surface area contributed by atoms with Gasteiger partial charge >= 0.3 is 0 Å². The first-order chi connectivity index (χ1) is 7.79. The minimum atomic E-state index is 0.886. The second-order valence-electron chi connectivity index (χ2n) is 3.71. The molecule has 1 N–H and O–H groups in total. The highest BCUT2D eigenvalue weighted by Gasteiger charge is 2.00. The highest BCUT2D eigenvalue weighted by molar-refractivity contribution is 7.12. The van der Waals surface area contributed by atoms with Crippen LogP contribution in [0.15, 0.2) is 30.5 Å². The van der Waals surface area contributed by atoms with Crippen LogP contribution in [0.1, 0.15) is 22.4 Å². The van der Waals surface area contributed by atoms with Crippen molar-refractivity contribution in [3.05, 3.63) is 45.9 Å². The van der Waals surface area contributed by atoms with Crippen LogP contribution in [0.2, 0.25) is 0 Å². The molecule has 0 aliphatic heterocycles. The van der Waals surface area contributed by atoms with Gasteiger partial charge in [-0.2, -0.15) is 0 Å². The minimum absolute atomic E-state index is 0.886. The normalized spacial score (nSPS) is 10.4. The fraction of sp³-hybridized carbons (Fsp3) is 0.308. The molecule has 2 rings (SSSR count). The molecule has 0 aromatic carbocycles. The average molecular weight is 232 g/mol. The van der Waals surface area contributed by atoms with Gasteiger partial charge in [-0.1, -0.05) is 6.92 Å². The molecule has 3 heteroatoms. The lowest BCUT2D eigenvalue weighted by atomic mass is 10.3. The van der Waals surface area contributed by atoms with Gasteiger partial charge in [-0.05, 0) is 37.6 Å². The van der Waals surface area contributed by atoms with E-state index in [0.717, 1.165) is 24.3 Å². The topological polar surface area (TPSA) is 24.9 Å². The fourth-order valence-electron chi connectivity index (χ4n) is 1.56. The van der Waals surface area contributed by atoms with Crippen molar-refractivity contribution in [1.82, 2.24) is 4.98 Å². The number of nitrogens with zero attached hydrogens (tertiary/aromatic N) is 1. The van der Waals surface area contributed by atoms with Gasteiger partial charge in [-0.3, -0.25) is 4.98 Å². The Hall–Kier alpha value is -1.35. The number of anilines is 1. The van der Waals surface area contributed by atoms with Crippen LogP contribution < -0.4 is 5.32 Å². The number of aromatic nitrogens is 1. The first kappa shape index (κ1) is 11.1.